The first kappa shape index (κ1) is 20.3. The smallest absolute Gasteiger partial charge is 0.323 e. The summed E-state index contributed by atoms with van der Waals surface area (Å²) in [5.41, 5.74) is 3.15. The van der Waals surface area contributed by atoms with Gasteiger partial charge in [-0.05, 0) is 37.3 Å². The Morgan fingerprint density at radius 2 is 1.83 bits per heavy atom. The van der Waals surface area contributed by atoms with Gasteiger partial charge >= 0.3 is 5.97 Å². The zero-order valence-electron chi connectivity index (χ0n) is 16.8. The van der Waals surface area contributed by atoms with Gasteiger partial charge < -0.3 is 24.2 Å². The van der Waals surface area contributed by atoms with Crippen LogP contribution in [-0.4, -0.2) is 51.3 Å². The van der Waals surface area contributed by atoms with E-state index in [9.17, 15) is 14.7 Å². The molecule has 0 bridgehead atoms. The topological polar surface area (TPSA) is 85.3 Å². The normalized spacial score (nSPS) is 14.6. The van der Waals surface area contributed by atoms with E-state index in [0.29, 0.717) is 39.6 Å². The Labute approximate surface area is 169 Å². The van der Waals surface area contributed by atoms with Crippen molar-refractivity contribution in [3.63, 3.8) is 0 Å². The molecule has 0 amide bonds. The molecule has 3 rings (SSSR count). The van der Waals surface area contributed by atoms with E-state index in [0.717, 1.165) is 5.56 Å². The van der Waals surface area contributed by atoms with E-state index in [4.69, 9.17) is 14.2 Å². The summed E-state index contributed by atoms with van der Waals surface area (Å²) in [4.78, 5) is 26.2. The van der Waals surface area contributed by atoms with E-state index >= 15 is 0 Å². The van der Waals surface area contributed by atoms with Crippen LogP contribution in [0, 0.1) is 6.92 Å². The van der Waals surface area contributed by atoms with Crippen LogP contribution in [0.4, 0.5) is 5.69 Å². The third-order valence-electron chi connectivity index (χ3n) is 4.78. The van der Waals surface area contributed by atoms with Gasteiger partial charge in [-0.3, -0.25) is 9.59 Å². The number of ether oxygens (including phenoxy) is 3. The lowest BCUT2D eigenvalue weighted by Crippen LogP contribution is -2.37. The number of carbonyl (C=O) groups excluding carboxylic acids is 1. The van der Waals surface area contributed by atoms with E-state index < -0.39 is 5.97 Å². The number of Topliss-reactive ketones (excluding diaryl/α,β-unsaturated/α-hetero) is 1. The van der Waals surface area contributed by atoms with E-state index in [1.807, 2.05) is 13.0 Å². The van der Waals surface area contributed by atoms with Gasteiger partial charge in [-0.1, -0.05) is 11.6 Å². The molecule has 0 aliphatic carbocycles. The first-order valence-corrected chi connectivity index (χ1v) is 9.01. The standard InChI is InChI=1S/C22H23NO6/c1-13-5-7-17-16(9-13)20(26)15(11-23(17)12-19(24)25)10-14-6-8-18(27-2)22(29-4)21(14)28-3/h5-10H,11-12H2,1-4H3,(H,24,25)/b15-10+. The van der Waals surface area contributed by atoms with Crippen LogP contribution in [0.25, 0.3) is 6.08 Å². The molecule has 1 heterocycles. The number of hydrogen-bond donors (Lipinski definition) is 1. The highest BCUT2D eigenvalue weighted by Gasteiger charge is 2.29. The average molecular weight is 397 g/mol. The maximum absolute atomic E-state index is 13.1. The number of hydrogen-bond acceptors (Lipinski definition) is 6. The maximum atomic E-state index is 13.1. The molecule has 0 saturated heterocycles. The van der Waals surface area contributed by atoms with Crippen molar-refractivity contribution in [2.45, 2.75) is 6.92 Å². The Balaban J connectivity index is 2.12. The quantitative estimate of drug-likeness (QED) is 0.749. The number of carboxylic acid groups (broad SMARTS) is 1. The van der Waals surface area contributed by atoms with Crippen LogP contribution in [0.3, 0.4) is 0 Å². The fourth-order valence-electron chi connectivity index (χ4n) is 3.48. The van der Waals surface area contributed by atoms with Crippen molar-refractivity contribution in [2.24, 2.45) is 0 Å². The Morgan fingerprint density at radius 1 is 1.10 bits per heavy atom. The van der Waals surface area contributed by atoms with Crippen LogP contribution >= 0.6 is 0 Å². The summed E-state index contributed by atoms with van der Waals surface area (Å²) in [7, 11) is 4.55. The summed E-state index contributed by atoms with van der Waals surface area (Å²) in [5.74, 6) is 0.268. The molecule has 7 heteroatoms. The lowest BCUT2D eigenvalue weighted by molar-refractivity contribution is -0.135. The van der Waals surface area contributed by atoms with Crippen molar-refractivity contribution in [3.05, 3.63) is 52.6 Å². The predicted molar refractivity (Wildman–Crippen MR) is 109 cm³/mol. The highest BCUT2D eigenvalue weighted by molar-refractivity contribution is 6.17. The van der Waals surface area contributed by atoms with Crippen molar-refractivity contribution in [2.75, 3.05) is 39.3 Å². The van der Waals surface area contributed by atoms with Crippen LogP contribution in [0.1, 0.15) is 21.5 Å². The average Bonchev–Trinajstić information content (AvgIpc) is 2.70. The molecule has 0 aromatic heterocycles. The lowest BCUT2D eigenvalue weighted by Gasteiger charge is -2.31. The van der Waals surface area contributed by atoms with Crippen LogP contribution < -0.4 is 19.1 Å². The van der Waals surface area contributed by atoms with Crippen LogP contribution in [-0.2, 0) is 4.79 Å². The van der Waals surface area contributed by atoms with E-state index in [1.165, 1.54) is 21.3 Å². The maximum Gasteiger partial charge on any atom is 0.323 e. The molecule has 1 N–H and O–H groups in total. The Bertz CT molecular complexity index is 995. The highest BCUT2D eigenvalue weighted by Crippen LogP contribution is 2.41. The van der Waals surface area contributed by atoms with Gasteiger partial charge in [0.2, 0.25) is 5.75 Å². The Hall–Kier alpha value is -3.48. The number of aryl methyl sites for hydroxylation is 1. The van der Waals surface area contributed by atoms with Crippen molar-refractivity contribution in [1.29, 1.82) is 0 Å². The van der Waals surface area contributed by atoms with Crippen LogP contribution in [0.5, 0.6) is 17.2 Å². The minimum Gasteiger partial charge on any atom is -0.493 e. The number of nitrogens with zero attached hydrogens (tertiary/aromatic N) is 1. The minimum atomic E-state index is -0.964. The van der Waals surface area contributed by atoms with Gasteiger partial charge in [0.1, 0.15) is 6.54 Å². The molecule has 0 fully saturated rings. The van der Waals surface area contributed by atoms with Crippen molar-refractivity contribution in [1.82, 2.24) is 0 Å². The first-order chi connectivity index (χ1) is 13.9. The molecular formula is C22H23NO6. The largest absolute Gasteiger partial charge is 0.493 e. The summed E-state index contributed by atoms with van der Waals surface area (Å²) < 4.78 is 16.2. The number of aliphatic carboxylic acids is 1. The molecule has 152 valence electrons. The molecule has 1 aliphatic rings. The highest BCUT2D eigenvalue weighted by atomic mass is 16.5. The van der Waals surface area contributed by atoms with Crippen LogP contribution in [0.15, 0.2) is 35.9 Å². The fourth-order valence-corrected chi connectivity index (χ4v) is 3.48. The van der Waals surface area contributed by atoms with Gasteiger partial charge in [0.15, 0.2) is 17.3 Å². The summed E-state index contributed by atoms with van der Waals surface area (Å²) in [6, 6.07) is 8.94. The van der Waals surface area contributed by atoms with Crippen LogP contribution in [0.2, 0.25) is 0 Å². The fraction of sp³-hybridized carbons (Fsp3) is 0.273. The third-order valence-corrected chi connectivity index (χ3v) is 4.78. The molecule has 0 saturated carbocycles. The van der Waals surface area contributed by atoms with Crippen molar-refractivity contribution < 1.29 is 28.9 Å². The zero-order valence-corrected chi connectivity index (χ0v) is 16.8. The number of carbonyl (C=O) groups is 2. The predicted octanol–water partition coefficient (Wildman–Crippen LogP) is 3.19. The van der Waals surface area contributed by atoms with E-state index in [1.54, 1.807) is 35.2 Å². The molecule has 0 unspecified atom stereocenters. The third kappa shape index (κ3) is 3.89. The molecule has 0 radical (unpaired) electrons. The molecule has 29 heavy (non-hydrogen) atoms. The number of carboxylic acids is 1. The molecule has 2 aromatic rings. The monoisotopic (exact) mass is 397 g/mol. The number of fused-ring (bicyclic) bond motifs is 1. The van der Waals surface area contributed by atoms with Gasteiger partial charge in [-0.15, -0.1) is 0 Å². The number of methoxy groups -OCH3 is 3. The second kappa shape index (κ2) is 8.26. The molecule has 7 nitrogen and oxygen atoms in total. The van der Waals surface area contributed by atoms with E-state index in [2.05, 4.69) is 0 Å². The number of benzene rings is 2. The Morgan fingerprint density at radius 3 is 2.45 bits per heavy atom. The van der Waals surface area contributed by atoms with Gasteiger partial charge in [0.05, 0.1) is 21.3 Å². The Kier molecular flexibility index (Phi) is 5.77. The first-order valence-electron chi connectivity index (χ1n) is 9.01. The van der Waals surface area contributed by atoms with E-state index in [-0.39, 0.29) is 18.9 Å². The molecule has 0 spiro atoms. The molecule has 1 aliphatic heterocycles. The minimum absolute atomic E-state index is 0.137. The van der Waals surface area contributed by atoms with Gasteiger partial charge in [0, 0.05) is 28.9 Å². The number of rotatable bonds is 6. The van der Waals surface area contributed by atoms with Gasteiger partial charge in [-0.25, -0.2) is 0 Å². The second-order valence-corrected chi connectivity index (χ2v) is 6.69. The van der Waals surface area contributed by atoms with Gasteiger partial charge in [-0.2, -0.15) is 0 Å². The van der Waals surface area contributed by atoms with Gasteiger partial charge in [0.25, 0.3) is 0 Å². The molecule has 2 aromatic carbocycles. The summed E-state index contributed by atoms with van der Waals surface area (Å²) in [6.45, 7) is 1.87. The number of ketones is 1. The SMILES string of the molecule is COc1ccc(/C=C2\CN(CC(=O)O)c3ccc(C)cc3C2=O)c(OC)c1OC. The molecule has 0 atom stereocenters. The summed E-state index contributed by atoms with van der Waals surface area (Å²) in [5, 5.41) is 9.30. The van der Waals surface area contributed by atoms with Crippen molar-refractivity contribution >= 4 is 23.5 Å². The zero-order chi connectivity index (χ0) is 21.1. The summed E-state index contributed by atoms with van der Waals surface area (Å²) in [6.07, 6.45) is 1.71. The summed E-state index contributed by atoms with van der Waals surface area (Å²) >= 11 is 0. The lowest BCUT2D eigenvalue weighted by atomic mass is 9.93. The van der Waals surface area contributed by atoms with Crippen molar-refractivity contribution in [3.8, 4) is 17.2 Å². The molecular weight excluding hydrogens is 374 g/mol. The number of anilines is 1. The second-order valence-electron chi connectivity index (χ2n) is 6.69.